The minimum Gasteiger partial charge on any atom is -0.493 e. The number of rotatable bonds is 7. The summed E-state index contributed by atoms with van der Waals surface area (Å²) in [6, 6.07) is 10.7. The SMILES string of the molecule is COc1cc(C=O)ccc1OCC(=O)Nc1c(C)cccc1C(C)C. The molecule has 0 aromatic heterocycles. The van der Waals surface area contributed by atoms with Gasteiger partial charge in [-0.15, -0.1) is 0 Å². The van der Waals surface area contributed by atoms with Crippen LogP contribution in [0.5, 0.6) is 11.5 Å². The fourth-order valence-electron chi connectivity index (χ4n) is 2.54. The second kappa shape index (κ2) is 8.33. The number of ether oxygens (including phenoxy) is 2. The van der Waals surface area contributed by atoms with E-state index in [1.165, 1.54) is 7.11 Å². The van der Waals surface area contributed by atoms with Crippen molar-refractivity contribution < 1.29 is 19.1 Å². The van der Waals surface area contributed by atoms with Crippen molar-refractivity contribution >= 4 is 17.9 Å². The fourth-order valence-corrected chi connectivity index (χ4v) is 2.54. The summed E-state index contributed by atoms with van der Waals surface area (Å²) in [5.41, 5.74) is 3.40. The molecule has 0 atom stereocenters. The van der Waals surface area contributed by atoms with Gasteiger partial charge < -0.3 is 14.8 Å². The Bertz CT molecular complexity index is 768. The summed E-state index contributed by atoms with van der Waals surface area (Å²) in [7, 11) is 1.49. The predicted octanol–water partition coefficient (Wildman–Crippen LogP) is 3.96. The first-order valence-corrected chi connectivity index (χ1v) is 8.11. The van der Waals surface area contributed by atoms with Crippen molar-refractivity contribution in [3.63, 3.8) is 0 Å². The number of hydrogen-bond donors (Lipinski definition) is 1. The van der Waals surface area contributed by atoms with Crippen LogP contribution in [0.3, 0.4) is 0 Å². The highest BCUT2D eigenvalue weighted by Gasteiger charge is 2.13. The summed E-state index contributed by atoms with van der Waals surface area (Å²) in [5.74, 6) is 0.873. The summed E-state index contributed by atoms with van der Waals surface area (Å²) in [4.78, 5) is 23.1. The lowest BCUT2D eigenvalue weighted by atomic mass is 9.98. The van der Waals surface area contributed by atoms with E-state index in [-0.39, 0.29) is 12.5 Å². The van der Waals surface area contributed by atoms with Crippen LogP contribution in [0.15, 0.2) is 36.4 Å². The average Bonchev–Trinajstić information content (AvgIpc) is 2.61. The summed E-state index contributed by atoms with van der Waals surface area (Å²) < 4.78 is 10.7. The Morgan fingerprint density at radius 3 is 2.60 bits per heavy atom. The number of para-hydroxylation sites is 1. The number of nitrogens with one attached hydrogen (secondary N) is 1. The smallest absolute Gasteiger partial charge is 0.262 e. The molecule has 2 aromatic carbocycles. The van der Waals surface area contributed by atoms with E-state index in [0.717, 1.165) is 23.1 Å². The van der Waals surface area contributed by atoms with Gasteiger partial charge in [-0.2, -0.15) is 0 Å². The maximum absolute atomic E-state index is 12.3. The normalized spacial score (nSPS) is 10.4. The topological polar surface area (TPSA) is 64.6 Å². The van der Waals surface area contributed by atoms with E-state index >= 15 is 0 Å². The molecule has 0 heterocycles. The molecule has 0 saturated heterocycles. The van der Waals surface area contributed by atoms with Crippen LogP contribution < -0.4 is 14.8 Å². The lowest BCUT2D eigenvalue weighted by Gasteiger charge is -2.17. The minimum atomic E-state index is -0.252. The molecule has 1 N–H and O–H groups in total. The van der Waals surface area contributed by atoms with Crippen molar-refractivity contribution in [2.24, 2.45) is 0 Å². The van der Waals surface area contributed by atoms with E-state index in [1.54, 1.807) is 18.2 Å². The number of benzene rings is 2. The van der Waals surface area contributed by atoms with Crippen molar-refractivity contribution in [2.75, 3.05) is 19.0 Å². The van der Waals surface area contributed by atoms with Gasteiger partial charge in [0.05, 0.1) is 7.11 Å². The summed E-state index contributed by atoms with van der Waals surface area (Å²) in [6.45, 7) is 5.98. The monoisotopic (exact) mass is 341 g/mol. The number of hydrogen-bond acceptors (Lipinski definition) is 4. The Morgan fingerprint density at radius 1 is 1.20 bits per heavy atom. The van der Waals surface area contributed by atoms with Crippen molar-refractivity contribution in [2.45, 2.75) is 26.7 Å². The van der Waals surface area contributed by atoms with E-state index in [4.69, 9.17) is 9.47 Å². The highest BCUT2D eigenvalue weighted by molar-refractivity contribution is 5.93. The van der Waals surface area contributed by atoms with E-state index in [2.05, 4.69) is 19.2 Å². The van der Waals surface area contributed by atoms with Gasteiger partial charge >= 0.3 is 0 Å². The Morgan fingerprint density at radius 2 is 1.96 bits per heavy atom. The molecule has 0 aliphatic carbocycles. The second-order valence-electron chi connectivity index (χ2n) is 6.06. The Hall–Kier alpha value is -2.82. The largest absolute Gasteiger partial charge is 0.493 e. The molecule has 0 saturated carbocycles. The average molecular weight is 341 g/mol. The summed E-state index contributed by atoms with van der Waals surface area (Å²) in [5, 5.41) is 2.93. The van der Waals surface area contributed by atoms with Gasteiger partial charge in [0, 0.05) is 11.3 Å². The third-order valence-electron chi connectivity index (χ3n) is 3.87. The standard InChI is InChI=1S/C20H23NO4/c1-13(2)16-7-5-6-14(3)20(16)21-19(23)12-25-17-9-8-15(11-22)10-18(17)24-4/h5-11,13H,12H2,1-4H3,(H,21,23). The molecule has 0 radical (unpaired) electrons. The van der Waals surface area contributed by atoms with Crippen LogP contribution >= 0.6 is 0 Å². The molecule has 1 amide bonds. The van der Waals surface area contributed by atoms with Gasteiger partial charge in [-0.25, -0.2) is 0 Å². The molecular weight excluding hydrogens is 318 g/mol. The molecule has 2 rings (SSSR count). The molecule has 5 nitrogen and oxygen atoms in total. The van der Waals surface area contributed by atoms with Crippen molar-refractivity contribution in [3.05, 3.63) is 53.1 Å². The Labute approximate surface area is 148 Å². The van der Waals surface area contributed by atoms with E-state index in [9.17, 15) is 9.59 Å². The summed E-state index contributed by atoms with van der Waals surface area (Å²) >= 11 is 0. The number of methoxy groups -OCH3 is 1. The van der Waals surface area contributed by atoms with Crippen molar-refractivity contribution in [3.8, 4) is 11.5 Å². The van der Waals surface area contributed by atoms with Crippen LogP contribution in [0.2, 0.25) is 0 Å². The molecule has 0 bridgehead atoms. The molecule has 0 fully saturated rings. The first kappa shape index (κ1) is 18.5. The molecule has 132 valence electrons. The van der Waals surface area contributed by atoms with Gasteiger partial charge in [0.1, 0.15) is 6.29 Å². The molecule has 0 spiro atoms. The van der Waals surface area contributed by atoms with Crippen LogP contribution in [0.1, 0.15) is 41.3 Å². The van der Waals surface area contributed by atoms with Gasteiger partial charge in [0.25, 0.3) is 5.91 Å². The Kier molecular flexibility index (Phi) is 6.17. The van der Waals surface area contributed by atoms with Gasteiger partial charge in [-0.05, 0) is 42.2 Å². The molecule has 5 heteroatoms. The first-order valence-electron chi connectivity index (χ1n) is 8.11. The van der Waals surface area contributed by atoms with Crippen molar-refractivity contribution in [1.29, 1.82) is 0 Å². The fraction of sp³-hybridized carbons (Fsp3) is 0.300. The summed E-state index contributed by atoms with van der Waals surface area (Å²) in [6.07, 6.45) is 0.727. The molecule has 0 aliphatic rings. The number of aldehydes is 1. The van der Waals surface area contributed by atoms with Crippen LogP contribution in [0.4, 0.5) is 5.69 Å². The third kappa shape index (κ3) is 4.59. The molecular formula is C20H23NO4. The van der Waals surface area contributed by atoms with E-state index in [0.29, 0.717) is 23.0 Å². The van der Waals surface area contributed by atoms with Crippen LogP contribution in [0.25, 0.3) is 0 Å². The zero-order chi connectivity index (χ0) is 18.4. The van der Waals surface area contributed by atoms with Crippen LogP contribution in [0, 0.1) is 6.92 Å². The number of carbonyl (C=O) groups excluding carboxylic acids is 2. The number of carbonyl (C=O) groups is 2. The Balaban J connectivity index is 2.09. The van der Waals surface area contributed by atoms with Crippen LogP contribution in [-0.4, -0.2) is 25.9 Å². The second-order valence-corrected chi connectivity index (χ2v) is 6.06. The first-order chi connectivity index (χ1) is 12.0. The maximum Gasteiger partial charge on any atom is 0.262 e. The number of aryl methyl sites for hydroxylation is 1. The van der Waals surface area contributed by atoms with E-state index < -0.39 is 0 Å². The zero-order valence-corrected chi connectivity index (χ0v) is 15.0. The lowest BCUT2D eigenvalue weighted by Crippen LogP contribution is -2.22. The molecule has 0 unspecified atom stereocenters. The molecule has 0 aliphatic heterocycles. The third-order valence-corrected chi connectivity index (χ3v) is 3.87. The van der Waals surface area contributed by atoms with Crippen molar-refractivity contribution in [1.82, 2.24) is 0 Å². The molecule has 25 heavy (non-hydrogen) atoms. The van der Waals surface area contributed by atoms with Gasteiger partial charge in [0.15, 0.2) is 18.1 Å². The zero-order valence-electron chi connectivity index (χ0n) is 15.0. The predicted molar refractivity (Wildman–Crippen MR) is 97.8 cm³/mol. The van der Waals surface area contributed by atoms with E-state index in [1.807, 2.05) is 25.1 Å². The highest BCUT2D eigenvalue weighted by atomic mass is 16.5. The quantitative estimate of drug-likeness (QED) is 0.774. The number of anilines is 1. The number of amides is 1. The lowest BCUT2D eigenvalue weighted by molar-refractivity contribution is -0.118. The highest BCUT2D eigenvalue weighted by Crippen LogP contribution is 2.29. The molecule has 2 aromatic rings. The maximum atomic E-state index is 12.3. The minimum absolute atomic E-state index is 0.150. The van der Waals surface area contributed by atoms with Crippen LogP contribution in [-0.2, 0) is 4.79 Å². The van der Waals surface area contributed by atoms with Gasteiger partial charge in [-0.1, -0.05) is 32.0 Å². The van der Waals surface area contributed by atoms with Gasteiger partial charge in [0.2, 0.25) is 0 Å². The van der Waals surface area contributed by atoms with Gasteiger partial charge in [-0.3, -0.25) is 9.59 Å².